The highest BCUT2D eigenvalue weighted by Crippen LogP contribution is 2.29. The predicted octanol–water partition coefficient (Wildman–Crippen LogP) is 3.90. The van der Waals surface area contributed by atoms with Crippen molar-refractivity contribution in [1.29, 1.82) is 0 Å². The van der Waals surface area contributed by atoms with Gasteiger partial charge in [0.2, 0.25) is 0 Å². The summed E-state index contributed by atoms with van der Waals surface area (Å²) in [6.07, 6.45) is 1.10. The van der Waals surface area contributed by atoms with E-state index in [-0.39, 0.29) is 5.82 Å². The third-order valence-corrected chi connectivity index (χ3v) is 4.32. The number of aryl methyl sites for hydroxylation is 1. The molecule has 0 aliphatic rings. The zero-order valence-corrected chi connectivity index (χ0v) is 13.5. The van der Waals surface area contributed by atoms with E-state index in [4.69, 9.17) is 4.74 Å². The number of thiazole rings is 1. The average Bonchev–Trinajstić information content (AvgIpc) is 2.86. The summed E-state index contributed by atoms with van der Waals surface area (Å²) < 4.78 is 18.6. The zero-order valence-electron chi connectivity index (χ0n) is 12.7. The van der Waals surface area contributed by atoms with Gasteiger partial charge in [0.05, 0.1) is 12.3 Å². The predicted molar refractivity (Wildman–Crippen MR) is 85.0 cm³/mol. The molecule has 2 aromatic rings. The molecule has 0 aliphatic carbocycles. The summed E-state index contributed by atoms with van der Waals surface area (Å²) >= 11 is 1.64. The van der Waals surface area contributed by atoms with Gasteiger partial charge in [-0.1, -0.05) is 6.92 Å². The lowest BCUT2D eigenvalue weighted by Crippen LogP contribution is -2.14. The van der Waals surface area contributed by atoms with Crippen LogP contribution in [0.3, 0.4) is 0 Å². The molecule has 0 fully saturated rings. The van der Waals surface area contributed by atoms with Crippen LogP contribution in [0.4, 0.5) is 4.39 Å². The number of ether oxygens (including phenoxy) is 1. The Morgan fingerprint density at radius 2 is 2.19 bits per heavy atom. The molecule has 1 aromatic heterocycles. The zero-order chi connectivity index (χ0) is 15.2. The molecule has 1 aromatic carbocycles. The molecule has 0 spiro atoms. The second-order valence-electron chi connectivity index (χ2n) is 4.96. The van der Waals surface area contributed by atoms with Gasteiger partial charge >= 0.3 is 0 Å². The minimum absolute atomic E-state index is 0.183. The van der Waals surface area contributed by atoms with E-state index in [0.717, 1.165) is 35.8 Å². The van der Waals surface area contributed by atoms with Crippen molar-refractivity contribution in [2.24, 2.45) is 0 Å². The third-order valence-electron chi connectivity index (χ3n) is 3.18. The lowest BCUT2D eigenvalue weighted by Gasteiger charge is -2.02. The molecule has 114 valence electrons. The third kappa shape index (κ3) is 4.09. The van der Waals surface area contributed by atoms with Crippen molar-refractivity contribution in [3.8, 4) is 10.6 Å². The molecule has 1 heterocycles. The number of nitrogens with one attached hydrogen (secondary N) is 1. The number of rotatable bonds is 7. The number of methoxy groups -OCH3 is 1. The van der Waals surface area contributed by atoms with Crippen molar-refractivity contribution >= 4 is 11.3 Å². The van der Waals surface area contributed by atoms with E-state index in [1.54, 1.807) is 31.4 Å². The van der Waals surface area contributed by atoms with Crippen LogP contribution in [-0.4, -0.2) is 18.6 Å². The van der Waals surface area contributed by atoms with Gasteiger partial charge in [-0.3, -0.25) is 0 Å². The lowest BCUT2D eigenvalue weighted by atomic mass is 10.1. The number of aromatic nitrogens is 1. The molecular weight excluding hydrogens is 287 g/mol. The van der Waals surface area contributed by atoms with E-state index >= 15 is 0 Å². The molecule has 0 aliphatic heterocycles. The first kappa shape index (κ1) is 16.1. The monoisotopic (exact) mass is 308 g/mol. The van der Waals surface area contributed by atoms with Crippen LogP contribution < -0.4 is 5.32 Å². The summed E-state index contributed by atoms with van der Waals surface area (Å²) in [5.41, 5.74) is 2.56. The minimum atomic E-state index is -0.183. The molecule has 3 nitrogen and oxygen atoms in total. The first-order chi connectivity index (χ1) is 10.2. The second-order valence-corrected chi connectivity index (χ2v) is 6.05. The molecule has 0 atom stereocenters. The van der Waals surface area contributed by atoms with Crippen LogP contribution in [0.15, 0.2) is 18.2 Å². The number of hydrogen-bond acceptors (Lipinski definition) is 4. The van der Waals surface area contributed by atoms with E-state index in [9.17, 15) is 4.39 Å². The highest BCUT2D eigenvalue weighted by molar-refractivity contribution is 7.15. The number of halogens is 1. The molecule has 1 N–H and O–H groups in total. The summed E-state index contributed by atoms with van der Waals surface area (Å²) in [6, 6.07) is 5.12. The standard InChI is InChI=1S/C16H21FN2OS/c1-4-7-18-9-15-14(10-20-3)19-16(21-15)12-5-6-13(17)11(2)8-12/h5-6,8,18H,4,7,9-10H2,1-3H3. The summed E-state index contributed by atoms with van der Waals surface area (Å²) in [6.45, 7) is 6.19. The Morgan fingerprint density at radius 1 is 1.38 bits per heavy atom. The van der Waals surface area contributed by atoms with Crippen LogP contribution >= 0.6 is 11.3 Å². The molecule has 0 radical (unpaired) electrons. The highest BCUT2D eigenvalue weighted by atomic mass is 32.1. The minimum Gasteiger partial charge on any atom is -0.378 e. The SMILES string of the molecule is CCCNCc1sc(-c2ccc(F)c(C)c2)nc1COC. The van der Waals surface area contributed by atoms with Crippen LogP contribution in [0.25, 0.3) is 10.6 Å². The average molecular weight is 308 g/mol. The van der Waals surface area contributed by atoms with Gasteiger partial charge in [0, 0.05) is 24.1 Å². The molecule has 5 heteroatoms. The normalized spacial score (nSPS) is 11.0. The summed E-state index contributed by atoms with van der Waals surface area (Å²) in [7, 11) is 1.67. The van der Waals surface area contributed by atoms with Gasteiger partial charge in [-0.05, 0) is 43.7 Å². The molecule has 0 unspecified atom stereocenters. The van der Waals surface area contributed by atoms with Crippen molar-refractivity contribution < 1.29 is 9.13 Å². The summed E-state index contributed by atoms with van der Waals surface area (Å²) in [4.78, 5) is 5.83. The van der Waals surface area contributed by atoms with E-state index in [2.05, 4.69) is 17.2 Å². The molecular formula is C16H21FN2OS. The van der Waals surface area contributed by atoms with Crippen molar-refractivity contribution in [1.82, 2.24) is 10.3 Å². The lowest BCUT2D eigenvalue weighted by molar-refractivity contribution is 0.181. The Labute approximate surface area is 129 Å². The smallest absolute Gasteiger partial charge is 0.126 e. The Bertz CT molecular complexity index is 598. The molecule has 0 bridgehead atoms. The summed E-state index contributed by atoms with van der Waals surface area (Å²) in [5.74, 6) is -0.183. The fourth-order valence-corrected chi connectivity index (χ4v) is 3.08. The fourth-order valence-electron chi connectivity index (χ4n) is 2.05. The van der Waals surface area contributed by atoms with E-state index in [0.29, 0.717) is 12.2 Å². The van der Waals surface area contributed by atoms with Gasteiger partial charge in [0.25, 0.3) is 0 Å². The Hall–Kier alpha value is -1.30. The van der Waals surface area contributed by atoms with Gasteiger partial charge in [-0.15, -0.1) is 11.3 Å². The Morgan fingerprint density at radius 3 is 2.86 bits per heavy atom. The second kappa shape index (κ2) is 7.64. The number of benzene rings is 1. The van der Waals surface area contributed by atoms with Gasteiger partial charge in [-0.25, -0.2) is 9.37 Å². The van der Waals surface area contributed by atoms with Crippen LogP contribution in [0.1, 0.15) is 29.5 Å². The first-order valence-corrected chi connectivity index (χ1v) is 7.92. The van der Waals surface area contributed by atoms with Crippen LogP contribution in [0, 0.1) is 12.7 Å². The quantitative estimate of drug-likeness (QED) is 0.788. The summed E-state index contributed by atoms with van der Waals surface area (Å²) in [5, 5.41) is 4.31. The van der Waals surface area contributed by atoms with Crippen LogP contribution in [0.2, 0.25) is 0 Å². The van der Waals surface area contributed by atoms with Gasteiger partial charge in [0.1, 0.15) is 10.8 Å². The Balaban J connectivity index is 2.26. The maximum absolute atomic E-state index is 13.4. The van der Waals surface area contributed by atoms with E-state index < -0.39 is 0 Å². The maximum Gasteiger partial charge on any atom is 0.126 e. The van der Waals surface area contributed by atoms with Crippen molar-refractivity contribution in [3.63, 3.8) is 0 Å². The van der Waals surface area contributed by atoms with E-state index in [1.165, 1.54) is 10.9 Å². The largest absolute Gasteiger partial charge is 0.378 e. The Kier molecular flexibility index (Phi) is 5.85. The van der Waals surface area contributed by atoms with Crippen molar-refractivity contribution in [2.45, 2.75) is 33.4 Å². The van der Waals surface area contributed by atoms with Crippen LogP contribution in [-0.2, 0) is 17.9 Å². The van der Waals surface area contributed by atoms with Crippen LogP contribution in [0.5, 0.6) is 0 Å². The maximum atomic E-state index is 13.4. The highest BCUT2D eigenvalue weighted by Gasteiger charge is 2.13. The first-order valence-electron chi connectivity index (χ1n) is 7.10. The van der Waals surface area contributed by atoms with E-state index in [1.807, 2.05) is 6.07 Å². The van der Waals surface area contributed by atoms with Gasteiger partial charge < -0.3 is 10.1 Å². The molecule has 0 amide bonds. The number of nitrogens with zero attached hydrogens (tertiary/aromatic N) is 1. The topological polar surface area (TPSA) is 34.2 Å². The van der Waals surface area contributed by atoms with Crippen molar-refractivity contribution in [2.75, 3.05) is 13.7 Å². The number of hydrogen-bond donors (Lipinski definition) is 1. The fraction of sp³-hybridized carbons (Fsp3) is 0.438. The van der Waals surface area contributed by atoms with Gasteiger partial charge in [0.15, 0.2) is 0 Å². The molecule has 0 saturated carbocycles. The van der Waals surface area contributed by atoms with Gasteiger partial charge in [-0.2, -0.15) is 0 Å². The molecule has 0 saturated heterocycles. The molecule has 21 heavy (non-hydrogen) atoms. The molecule has 2 rings (SSSR count). The van der Waals surface area contributed by atoms with Crippen molar-refractivity contribution in [3.05, 3.63) is 40.2 Å².